The summed E-state index contributed by atoms with van der Waals surface area (Å²) in [7, 11) is 0. The number of carbonyl (C=O) groups excluding carboxylic acids is 1. The molecule has 0 radical (unpaired) electrons. The van der Waals surface area contributed by atoms with Crippen molar-refractivity contribution in [2.45, 2.75) is 6.92 Å². The average Bonchev–Trinajstić information content (AvgIpc) is 2.73. The maximum Gasteiger partial charge on any atom is 0.154 e. The number of likely N-dealkylation sites (N-methyl/N-ethyl adjacent to an activating group) is 1. The first-order valence-corrected chi connectivity index (χ1v) is 9.22. The van der Waals surface area contributed by atoms with Crippen LogP contribution >= 0.6 is 0 Å². The molecule has 1 aromatic heterocycles. The van der Waals surface area contributed by atoms with Gasteiger partial charge in [0.25, 0.3) is 0 Å². The highest BCUT2D eigenvalue weighted by atomic mass is 16.1. The molecule has 0 amide bonds. The van der Waals surface area contributed by atoms with Gasteiger partial charge in [0, 0.05) is 37.1 Å². The van der Waals surface area contributed by atoms with Gasteiger partial charge in [0.1, 0.15) is 5.82 Å². The summed E-state index contributed by atoms with van der Waals surface area (Å²) in [6.45, 7) is 7.06. The molecule has 132 valence electrons. The SMILES string of the molecule is CCN1CCN(c2nc(-c3ccccc3)c3ccccc3c2C=O)CC1. The fraction of sp³-hybridized carbons (Fsp3) is 0.273. The molecule has 0 N–H and O–H groups in total. The smallest absolute Gasteiger partial charge is 0.154 e. The highest BCUT2D eigenvalue weighted by Gasteiger charge is 2.22. The molecule has 1 saturated heterocycles. The summed E-state index contributed by atoms with van der Waals surface area (Å²) in [5.74, 6) is 0.813. The quantitative estimate of drug-likeness (QED) is 0.673. The molecule has 26 heavy (non-hydrogen) atoms. The minimum absolute atomic E-state index is 0.699. The first-order chi connectivity index (χ1) is 12.8. The van der Waals surface area contributed by atoms with Gasteiger partial charge in [-0.15, -0.1) is 0 Å². The molecule has 4 heteroatoms. The summed E-state index contributed by atoms with van der Waals surface area (Å²) >= 11 is 0. The van der Waals surface area contributed by atoms with Crippen molar-refractivity contribution in [2.24, 2.45) is 0 Å². The van der Waals surface area contributed by atoms with Gasteiger partial charge in [-0.2, -0.15) is 0 Å². The third-order valence-electron chi connectivity index (χ3n) is 5.22. The van der Waals surface area contributed by atoms with Gasteiger partial charge in [-0.25, -0.2) is 4.98 Å². The molecule has 1 aliphatic rings. The van der Waals surface area contributed by atoms with E-state index in [0.717, 1.165) is 66.9 Å². The predicted molar refractivity (Wildman–Crippen MR) is 107 cm³/mol. The van der Waals surface area contributed by atoms with Crippen molar-refractivity contribution in [3.8, 4) is 11.3 Å². The molecule has 1 aliphatic heterocycles. The van der Waals surface area contributed by atoms with Crippen LogP contribution in [0.4, 0.5) is 5.82 Å². The van der Waals surface area contributed by atoms with Crippen LogP contribution in [0.15, 0.2) is 54.6 Å². The lowest BCUT2D eigenvalue weighted by Gasteiger charge is -2.35. The molecule has 4 nitrogen and oxygen atoms in total. The molecule has 0 spiro atoms. The van der Waals surface area contributed by atoms with E-state index in [2.05, 4.69) is 34.9 Å². The number of pyridine rings is 1. The zero-order chi connectivity index (χ0) is 17.9. The molecule has 2 heterocycles. The number of aromatic nitrogens is 1. The number of anilines is 1. The second-order valence-corrected chi connectivity index (χ2v) is 6.65. The number of hydrogen-bond donors (Lipinski definition) is 0. The summed E-state index contributed by atoms with van der Waals surface area (Å²) < 4.78 is 0. The number of fused-ring (bicyclic) bond motifs is 1. The van der Waals surface area contributed by atoms with Crippen molar-refractivity contribution in [3.05, 3.63) is 60.2 Å². The van der Waals surface area contributed by atoms with Gasteiger partial charge >= 0.3 is 0 Å². The minimum atomic E-state index is 0.699. The maximum atomic E-state index is 12.0. The molecular formula is C22H23N3O. The Morgan fingerprint density at radius 1 is 0.923 bits per heavy atom. The van der Waals surface area contributed by atoms with Crippen LogP contribution in [0.1, 0.15) is 17.3 Å². The first kappa shape index (κ1) is 16.7. The highest BCUT2D eigenvalue weighted by Crippen LogP contribution is 2.33. The number of benzene rings is 2. The molecular weight excluding hydrogens is 322 g/mol. The molecule has 3 aromatic rings. The minimum Gasteiger partial charge on any atom is -0.353 e. The third kappa shape index (κ3) is 2.97. The van der Waals surface area contributed by atoms with Crippen molar-refractivity contribution >= 4 is 22.9 Å². The van der Waals surface area contributed by atoms with Crippen LogP contribution in [-0.4, -0.2) is 48.9 Å². The van der Waals surface area contributed by atoms with Crippen LogP contribution in [0.25, 0.3) is 22.0 Å². The van der Waals surface area contributed by atoms with E-state index >= 15 is 0 Å². The zero-order valence-corrected chi connectivity index (χ0v) is 15.1. The maximum absolute atomic E-state index is 12.0. The fourth-order valence-electron chi connectivity index (χ4n) is 3.72. The van der Waals surface area contributed by atoms with E-state index in [0.29, 0.717) is 5.56 Å². The van der Waals surface area contributed by atoms with Crippen molar-refractivity contribution in [1.82, 2.24) is 9.88 Å². The Hall–Kier alpha value is -2.72. The molecule has 0 bridgehead atoms. The summed E-state index contributed by atoms with van der Waals surface area (Å²) in [5, 5.41) is 2.00. The molecule has 4 rings (SSSR count). The normalized spacial score (nSPS) is 15.3. The molecule has 0 saturated carbocycles. The zero-order valence-electron chi connectivity index (χ0n) is 15.1. The topological polar surface area (TPSA) is 36.4 Å². The monoisotopic (exact) mass is 345 g/mol. The van der Waals surface area contributed by atoms with Gasteiger partial charge < -0.3 is 9.80 Å². The van der Waals surface area contributed by atoms with Gasteiger partial charge in [0.05, 0.1) is 11.3 Å². The molecule has 0 atom stereocenters. The van der Waals surface area contributed by atoms with Crippen LogP contribution in [0.5, 0.6) is 0 Å². The molecule has 0 aliphatic carbocycles. The van der Waals surface area contributed by atoms with Gasteiger partial charge in [-0.1, -0.05) is 61.5 Å². The number of carbonyl (C=O) groups is 1. The lowest BCUT2D eigenvalue weighted by molar-refractivity contribution is 0.112. The van der Waals surface area contributed by atoms with E-state index < -0.39 is 0 Å². The molecule has 2 aromatic carbocycles. The molecule has 1 fully saturated rings. The van der Waals surface area contributed by atoms with Crippen LogP contribution < -0.4 is 4.90 Å². The van der Waals surface area contributed by atoms with Gasteiger partial charge in [-0.3, -0.25) is 4.79 Å². The Morgan fingerprint density at radius 3 is 2.23 bits per heavy atom. The number of hydrogen-bond acceptors (Lipinski definition) is 4. The number of piperazine rings is 1. The van der Waals surface area contributed by atoms with Gasteiger partial charge in [0.15, 0.2) is 6.29 Å². The first-order valence-electron chi connectivity index (χ1n) is 9.22. The second kappa shape index (κ2) is 7.26. The van der Waals surface area contributed by atoms with E-state index in [4.69, 9.17) is 4.98 Å². The summed E-state index contributed by atoms with van der Waals surface area (Å²) in [6.07, 6.45) is 0.964. The number of aldehydes is 1. The third-order valence-corrected chi connectivity index (χ3v) is 5.22. The van der Waals surface area contributed by atoms with Crippen LogP contribution in [0.3, 0.4) is 0 Å². The van der Waals surface area contributed by atoms with E-state index in [-0.39, 0.29) is 0 Å². The van der Waals surface area contributed by atoms with Gasteiger partial charge in [0.2, 0.25) is 0 Å². The van der Waals surface area contributed by atoms with E-state index in [9.17, 15) is 4.79 Å². The highest BCUT2D eigenvalue weighted by molar-refractivity contribution is 6.07. The fourth-order valence-corrected chi connectivity index (χ4v) is 3.72. The summed E-state index contributed by atoms with van der Waals surface area (Å²) in [4.78, 5) is 21.7. The van der Waals surface area contributed by atoms with Crippen LogP contribution in [-0.2, 0) is 0 Å². The Bertz CT molecular complexity index is 915. The van der Waals surface area contributed by atoms with Crippen molar-refractivity contribution in [1.29, 1.82) is 0 Å². The van der Waals surface area contributed by atoms with Crippen molar-refractivity contribution in [3.63, 3.8) is 0 Å². The van der Waals surface area contributed by atoms with Gasteiger partial charge in [-0.05, 0) is 11.9 Å². The van der Waals surface area contributed by atoms with E-state index in [1.54, 1.807) is 0 Å². The van der Waals surface area contributed by atoms with Crippen molar-refractivity contribution < 1.29 is 4.79 Å². The number of nitrogens with zero attached hydrogens (tertiary/aromatic N) is 3. The Kier molecular flexibility index (Phi) is 4.67. The van der Waals surface area contributed by atoms with Crippen LogP contribution in [0, 0.1) is 0 Å². The summed E-state index contributed by atoms with van der Waals surface area (Å²) in [6, 6.07) is 18.3. The standard InChI is InChI=1S/C22H23N3O/c1-2-24-12-14-25(15-13-24)22-20(16-26)18-10-6-7-11-19(18)21(23-22)17-8-4-3-5-9-17/h3-11,16H,2,12-15H2,1H3. The predicted octanol–water partition coefficient (Wildman–Crippen LogP) is 3.86. The number of rotatable bonds is 4. The lowest BCUT2D eigenvalue weighted by atomic mass is 10.00. The summed E-state index contributed by atoms with van der Waals surface area (Å²) in [5.41, 5.74) is 2.72. The Balaban J connectivity index is 1.88. The van der Waals surface area contributed by atoms with Crippen molar-refractivity contribution in [2.75, 3.05) is 37.6 Å². The van der Waals surface area contributed by atoms with Crippen LogP contribution in [0.2, 0.25) is 0 Å². The largest absolute Gasteiger partial charge is 0.353 e. The molecule has 0 unspecified atom stereocenters. The van der Waals surface area contributed by atoms with E-state index in [1.807, 2.05) is 36.4 Å². The lowest BCUT2D eigenvalue weighted by Crippen LogP contribution is -2.46. The average molecular weight is 345 g/mol. The Labute approximate surface area is 154 Å². The van der Waals surface area contributed by atoms with E-state index in [1.165, 1.54) is 0 Å². The second-order valence-electron chi connectivity index (χ2n) is 6.65. The Morgan fingerprint density at radius 2 is 1.58 bits per heavy atom.